The van der Waals surface area contributed by atoms with Crippen LogP contribution in [-0.4, -0.2) is 16.8 Å². The van der Waals surface area contributed by atoms with Gasteiger partial charge in [-0.3, -0.25) is 0 Å². The van der Waals surface area contributed by atoms with E-state index in [1.807, 2.05) is 55.5 Å². The van der Waals surface area contributed by atoms with Crippen molar-refractivity contribution >= 4 is 22.3 Å². The molecule has 27 heavy (non-hydrogen) atoms. The molecule has 4 aromatic rings. The zero-order chi connectivity index (χ0) is 18.6. The van der Waals surface area contributed by atoms with E-state index < -0.39 is 0 Å². The summed E-state index contributed by atoms with van der Waals surface area (Å²) in [5.74, 6) is 1.18. The predicted octanol–water partition coefficient (Wildman–Crippen LogP) is 5.58. The first-order chi connectivity index (χ1) is 13.2. The first-order valence-electron chi connectivity index (χ1n) is 8.76. The van der Waals surface area contributed by atoms with Crippen LogP contribution >= 0.6 is 0 Å². The van der Waals surface area contributed by atoms with Crippen LogP contribution in [0.2, 0.25) is 0 Å². The van der Waals surface area contributed by atoms with Crippen molar-refractivity contribution in [1.29, 1.82) is 0 Å². The van der Waals surface area contributed by atoms with Crippen molar-refractivity contribution in [3.8, 4) is 17.0 Å². The lowest BCUT2D eigenvalue weighted by Crippen LogP contribution is -1.99. The second kappa shape index (κ2) is 7.41. The zero-order valence-electron chi connectivity index (χ0n) is 14.8. The Morgan fingerprint density at radius 2 is 1.56 bits per heavy atom. The Labute approximate surface area is 156 Å². The van der Waals surface area contributed by atoms with E-state index in [2.05, 4.69) is 15.5 Å². The van der Waals surface area contributed by atoms with Crippen molar-refractivity contribution < 1.29 is 9.13 Å². The normalized spacial score (nSPS) is 10.7. The minimum atomic E-state index is -0.276. The third-order valence-corrected chi connectivity index (χ3v) is 4.23. The molecular formula is C22H18FN3O. The molecule has 3 aromatic carbocycles. The Morgan fingerprint density at radius 1 is 0.852 bits per heavy atom. The Kier molecular flexibility index (Phi) is 4.66. The number of hydrogen-bond donors (Lipinski definition) is 1. The second-order valence-corrected chi connectivity index (χ2v) is 6.03. The van der Waals surface area contributed by atoms with Gasteiger partial charge in [0.2, 0.25) is 0 Å². The highest BCUT2D eigenvalue weighted by Gasteiger charge is 2.11. The molecule has 0 aliphatic carbocycles. The van der Waals surface area contributed by atoms with Crippen molar-refractivity contribution in [2.24, 2.45) is 0 Å². The van der Waals surface area contributed by atoms with E-state index in [4.69, 9.17) is 4.74 Å². The molecule has 4 nitrogen and oxygen atoms in total. The molecule has 1 heterocycles. The number of nitrogens with zero attached hydrogens (tertiary/aromatic N) is 2. The third kappa shape index (κ3) is 3.58. The quantitative estimate of drug-likeness (QED) is 0.505. The number of fused-ring (bicyclic) bond motifs is 1. The van der Waals surface area contributed by atoms with E-state index in [0.29, 0.717) is 12.4 Å². The summed E-state index contributed by atoms with van der Waals surface area (Å²) in [7, 11) is 0. The summed E-state index contributed by atoms with van der Waals surface area (Å²) in [6, 6.07) is 21.9. The fraction of sp³-hybridized carbons (Fsp3) is 0.0909. The van der Waals surface area contributed by atoms with Gasteiger partial charge in [-0.25, -0.2) is 4.39 Å². The van der Waals surface area contributed by atoms with Crippen LogP contribution in [0.4, 0.5) is 15.9 Å². The molecule has 0 aliphatic heterocycles. The topological polar surface area (TPSA) is 47.0 Å². The number of ether oxygens (including phenoxy) is 1. The van der Waals surface area contributed by atoms with Crippen LogP contribution in [-0.2, 0) is 0 Å². The lowest BCUT2D eigenvalue weighted by atomic mass is 10.0. The molecule has 1 N–H and O–H groups in total. The molecule has 0 radical (unpaired) electrons. The Morgan fingerprint density at radius 3 is 2.26 bits per heavy atom. The summed E-state index contributed by atoms with van der Waals surface area (Å²) in [5, 5.41) is 14.0. The van der Waals surface area contributed by atoms with Gasteiger partial charge in [0.1, 0.15) is 17.3 Å². The largest absolute Gasteiger partial charge is 0.494 e. The Hall–Kier alpha value is -3.47. The first kappa shape index (κ1) is 17.0. The van der Waals surface area contributed by atoms with Gasteiger partial charge in [-0.2, -0.15) is 0 Å². The lowest BCUT2D eigenvalue weighted by molar-refractivity contribution is 0.340. The molecule has 0 bridgehead atoms. The number of aromatic nitrogens is 2. The number of rotatable bonds is 5. The highest BCUT2D eigenvalue weighted by Crippen LogP contribution is 2.31. The van der Waals surface area contributed by atoms with E-state index in [1.54, 1.807) is 12.1 Å². The number of halogens is 1. The van der Waals surface area contributed by atoms with Crippen molar-refractivity contribution in [3.63, 3.8) is 0 Å². The maximum atomic E-state index is 13.1. The van der Waals surface area contributed by atoms with E-state index in [1.165, 1.54) is 12.1 Å². The van der Waals surface area contributed by atoms with Gasteiger partial charge in [-0.05, 0) is 55.5 Å². The molecule has 1 aromatic heterocycles. The number of anilines is 2. The molecular weight excluding hydrogens is 341 g/mol. The fourth-order valence-corrected chi connectivity index (χ4v) is 2.96. The van der Waals surface area contributed by atoms with Gasteiger partial charge in [0, 0.05) is 22.0 Å². The van der Waals surface area contributed by atoms with Crippen molar-refractivity contribution in [2.75, 3.05) is 11.9 Å². The van der Waals surface area contributed by atoms with Crippen LogP contribution in [0.15, 0.2) is 72.8 Å². The molecule has 0 aliphatic rings. The number of hydrogen-bond acceptors (Lipinski definition) is 4. The predicted molar refractivity (Wildman–Crippen MR) is 106 cm³/mol. The maximum absolute atomic E-state index is 13.1. The monoisotopic (exact) mass is 359 g/mol. The molecule has 134 valence electrons. The van der Waals surface area contributed by atoms with E-state index in [9.17, 15) is 4.39 Å². The second-order valence-electron chi connectivity index (χ2n) is 6.03. The SMILES string of the molecule is CCOc1ccc(-c2nnc(Nc3ccc(F)cc3)c3ccccc23)cc1. The van der Waals surface area contributed by atoms with Gasteiger partial charge >= 0.3 is 0 Å². The number of nitrogens with one attached hydrogen (secondary N) is 1. The summed E-state index contributed by atoms with van der Waals surface area (Å²) in [6.45, 7) is 2.59. The lowest BCUT2D eigenvalue weighted by Gasteiger charge is -2.11. The van der Waals surface area contributed by atoms with Gasteiger partial charge in [0.25, 0.3) is 0 Å². The molecule has 0 saturated heterocycles. The van der Waals surface area contributed by atoms with Crippen molar-refractivity contribution in [3.05, 3.63) is 78.6 Å². The van der Waals surface area contributed by atoms with Gasteiger partial charge < -0.3 is 10.1 Å². The summed E-state index contributed by atoms with van der Waals surface area (Å²) in [6.07, 6.45) is 0. The standard InChI is InChI=1S/C22H18FN3O/c1-2-27-18-13-7-15(8-14-18)21-19-5-3-4-6-20(19)22(26-25-21)24-17-11-9-16(23)10-12-17/h3-14H,2H2,1H3,(H,24,26). The smallest absolute Gasteiger partial charge is 0.161 e. The fourth-order valence-electron chi connectivity index (χ4n) is 2.96. The highest BCUT2D eigenvalue weighted by molar-refractivity contribution is 6.00. The van der Waals surface area contributed by atoms with Crippen LogP contribution in [0, 0.1) is 5.82 Å². The first-order valence-corrected chi connectivity index (χ1v) is 8.76. The highest BCUT2D eigenvalue weighted by atomic mass is 19.1. The molecule has 0 spiro atoms. The van der Waals surface area contributed by atoms with Gasteiger partial charge in [0.05, 0.1) is 6.61 Å². The average molecular weight is 359 g/mol. The summed E-state index contributed by atoms with van der Waals surface area (Å²) < 4.78 is 18.6. The molecule has 0 saturated carbocycles. The molecule has 0 atom stereocenters. The minimum absolute atomic E-state index is 0.276. The van der Waals surface area contributed by atoms with Crippen LogP contribution in [0.1, 0.15) is 6.92 Å². The van der Waals surface area contributed by atoms with Crippen LogP contribution in [0.25, 0.3) is 22.0 Å². The molecule has 5 heteroatoms. The number of benzene rings is 3. The molecule has 4 rings (SSSR count). The minimum Gasteiger partial charge on any atom is -0.494 e. The van der Waals surface area contributed by atoms with Gasteiger partial charge in [-0.1, -0.05) is 24.3 Å². The summed E-state index contributed by atoms with van der Waals surface area (Å²) in [5.41, 5.74) is 2.53. The van der Waals surface area contributed by atoms with Crippen molar-refractivity contribution in [1.82, 2.24) is 10.2 Å². The average Bonchev–Trinajstić information content (AvgIpc) is 2.71. The molecule has 0 unspecified atom stereocenters. The maximum Gasteiger partial charge on any atom is 0.161 e. The van der Waals surface area contributed by atoms with Gasteiger partial charge in [-0.15, -0.1) is 10.2 Å². The Bertz CT molecular complexity index is 1060. The van der Waals surface area contributed by atoms with Crippen LogP contribution < -0.4 is 10.1 Å². The third-order valence-electron chi connectivity index (χ3n) is 4.23. The van der Waals surface area contributed by atoms with Gasteiger partial charge in [0.15, 0.2) is 5.82 Å². The van der Waals surface area contributed by atoms with E-state index in [-0.39, 0.29) is 5.82 Å². The zero-order valence-corrected chi connectivity index (χ0v) is 14.8. The molecule has 0 amide bonds. The summed E-state index contributed by atoms with van der Waals surface area (Å²) in [4.78, 5) is 0. The summed E-state index contributed by atoms with van der Waals surface area (Å²) >= 11 is 0. The molecule has 0 fully saturated rings. The Balaban J connectivity index is 1.74. The van der Waals surface area contributed by atoms with Crippen LogP contribution in [0.3, 0.4) is 0 Å². The van der Waals surface area contributed by atoms with E-state index >= 15 is 0 Å². The van der Waals surface area contributed by atoms with Crippen molar-refractivity contribution in [2.45, 2.75) is 6.92 Å². The van der Waals surface area contributed by atoms with Crippen LogP contribution in [0.5, 0.6) is 5.75 Å². The van der Waals surface area contributed by atoms with E-state index in [0.717, 1.165) is 33.5 Å².